The molecule has 0 saturated carbocycles. The number of carbonyl (C=O) groups is 1. The van der Waals surface area contributed by atoms with E-state index in [4.69, 9.17) is 11.6 Å². The maximum absolute atomic E-state index is 12.5. The smallest absolute Gasteiger partial charge is 0.341 e. The maximum Gasteiger partial charge on any atom is 0.341 e. The summed E-state index contributed by atoms with van der Waals surface area (Å²) in [5.41, 5.74) is 1.05. The van der Waals surface area contributed by atoms with E-state index in [1.54, 1.807) is 24.3 Å². The minimum Gasteiger partial charge on any atom is -0.345 e. The number of rotatable bonds is 6. The number of hydrogen-bond acceptors (Lipinski definition) is 3. The quantitative estimate of drug-likeness (QED) is 0.807. The van der Waals surface area contributed by atoms with Crippen molar-refractivity contribution >= 4 is 27.3 Å². The summed E-state index contributed by atoms with van der Waals surface area (Å²) in [6.07, 6.45) is 0.630. The van der Waals surface area contributed by atoms with Crippen molar-refractivity contribution in [2.75, 3.05) is 0 Å². The third-order valence-corrected chi connectivity index (χ3v) is 5.32. The molecule has 2 rings (SSSR count). The molecule has 0 bridgehead atoms. The molecule has 0 unspecified atom stereocenters. The summed E-state index contributed by atoms with van der Waals surface area (Å²) < 4.78 is 47.8. The lowest BCUT2D eigenvalue weighted by atomic mass is 10.0. The molecule has 0 spiro atoms. The molecule has 1 atom stereocenters. The van der Waals surface area contributed by atoms with Gasteiger partial charge in [-0.3, -0.25) is 4.79 Å². The first-order chi connectivity index (χ1) is 11.8. The predicted octanol–water partition coefficient (Wildman–Crippen LogP) is 4.22. The number of alkyl halides is 2. The van der Waals surface area contributed by atoms with Gasteiger partial charge in [-0.05, 0) is 48.4 Å². The van der Waals surface area contributed by atoms with Gasteiger partial charge in [0.2, 0.25) is 9.84 Å². The van der Waals surface area contributed by atoms with Crippen molar-refractivity contribution in [1.82, 2.24) is 5.32 Å². The number of benzene rings is 2. The first-order valence-electron chi connectivity index (χ1n) is 7.44. The molecule has 25 heavy (non-hydrogen) atoms. The van der Waals surface area contributed by atoms with Crippen LogP contribution in [-0.2, 0) is 9.84 Å². The maximum atomic E-state index is 12.5. The Hall–Kier alpha value is -1.99. The van der Waals surface area contributed by atoms with Crippen molar-refractivity contribution in [2.45, 2.75) is 30.0 Å². The van der Waals surface area contributed by atoms with Crippen molar-refractivity contribution in [3.05, 3.63) is 64.7 Å². The van der Waals surface area contributed by atoms with Gasteiger partial charge in [-0.1, -0.05) is 30.7 Å². The molecule has 2 aromatic carbocycles. The highest BCUT2D eigenvalue weighted by Crippen LogP contribution is 2.21. The number of amides is 1. The minimum absolute atomic E-state index is 0.181. The van der Waals surface area contributed by atoms with Gasteiger partial charge in [0.25, 0.3) is 5.91 Å². The molecule has 0 aromatic heterocycles. The molecule has 0 fully saturated rings. The summed E-state index contributed by atoms with van der Waals surface area (Å²) in [6, 6.07) is 11.2. The van der Waals surface area contributed by atoms with Gasteiger partial charge < -0.3 is 5.32 Å². The van der Waals surface area contributed by atoms with Crippen molar-refractivity contribution in [2.24, 2.45) is 0 Å². The van der Waals surface area contributed by atoms with Crippen LogP contribution in [0.15, 0.2) is 53.4 Å². The normalized spacial score (nSPS) is 12.8. The SMILES string of the molecule is CC[C@@H](NC(=O)c1ccc(S(=O)(=O)C(F)F)cc1)c1ccc(Cl)cc1. The number of hydrogen-bond donors (Lipinski definition) is 1. The Morgan fingerprint density at radius 1 is 1.08 bits per heavy atom. The van der Waals surface area contributed by atoms with E-state index >= 15 is 0 Å². The highest BCUT2D eigenvalue weighted by Gasteiger charge is 2.26. The van der Waals surface area contributed by atoms with Gasteiger partial charge in [-0.2, -0.15) is 8.78 Å². The second-order valence-electron chi connectivity index (χ2n) is 5.32. The Morgan fingerprint density at radius 3 is 2.12 bits per heavy atom. The van der Waals surface area contributed by atoms with Crippen molar-refractivity contribution in [3.63, 3.8) is 0 Å². The molecule has 134 valence electrons. The highest BCUT2D eigenvalue weighted by molar-refractivity contribution is 7.91. The molecule has 1 N–H and O–H groups in total. The van der Waals surface area contributed by atoms with Crippen LogP contribution in [0.2, 0.25) is 5.02 Å². The van der Waals surface area contributed by atoms with E-state index in [1.165, 1.54) is 12.1 Å². The number of halogens is 3. The molecule has 0 heterocycles. The summed E-state index contributed by atoms with van der Waals surface area (Å²) in [4.78, 5) is 11.8. The molecule has 0 saturated heterocycles. The molecule has 0 aliphatic carbocycles. The van der Waals surface area contributed by atoms with Crippen LogP contribution < -0.4 is 5.32 Å². The number of carbonyl (C=O) groups excluding carboxylic acids is 1. The predicted molar refractivity (Wildman–Crippen MR) is 91.6 cm³/mol. The summed E-state index contributed by atoms with van der Waals surface area (Å²) in [5.74, 6) is -3.93. The Bertz CT molecular complexity index is 837. The number of nitrogens with one attached hydrogen (secondary N) is 1. The minimum atomic E-state index is -4.67. The van der Waals surface area contributed by atoms with Gasteiger partial charge >= 0.3 is 5.76 Å². The van der Waals surface area contributed by atoms with Crippen molar-refractivity contribution < 1.29 is 22.0 Å². The Balaban J connectivity index is 2.16. The van der Waals surface area contributed by atoms with E-state index in [0.717, 1.165) is 17.7 Å². The van der Waals surface area contributed by atoms with Gasteiger partial charge in [0, 0.05) is 10.6 Å². The first kappa shape index (κ1) is 19.3. The summed E-state index contributed by atoms with van der Waals surface area (Å²) in [7, 11) is -4.67. The van der Waals surface area contributed by atoms with E-state index in [0.29, 0.717) is 11.4 Å². The average Bonchev–Trinajstić information content (AvgIpc) is 2.60. The summed E-state index contributed by atoms with van der Waals surface area (Å²) >= 11 is 5.85. The topological polar surface area (TPSA) is 63.2 Å². The van der Waals surface area contributed by atoms with Crippen LogP contribution in [0.1, 0.15) is 35.3 Å². The third kappa shape index (κ3) is 4.55. The van der Waals surface area contributed by atoms with Crippen LogP contribution >= 0.6 is 11.6 Å². The van der Waals surface area contributed by atoms with Gasteiger partial charge in [-0.15, -0.1) is 0 Å². The molecule has 4 nitrogen and oxygen atoms in total. The Labute approximate surface area is 149 Å². The average molecular weight is 388 g/mol. The second-order valence-corrected chi connectivity index (χ2v) is 7.67. The monoisotopic (exact) mass is 387 g/mol. The zero-order chi connectivity index (χ0) is 18.6. The zero-order valence-electron chi connectivity index (χ0n) is 13.2. The Morgan fingerprint density at radius 2 is 1.64 bits per heavy atom. The first-order valence-corrected chi connectivity index (χ1v) is 9.36. The van der Waals surface area contributed by atoms with E-state index < -0.39 is 26.4 Å². The van der Waals surface area contributed by atoms with E-state index in [9.17, 15) is 22.0 Å². The fourth-order valence-electron chi connectivity index (χ4n) is 2.26. The van der Waals surface area contributed by atoms with Gasteiger partial charge in [0.1, 0.15) is 0 Å². The van der Waals surface area contributed by atoms with E-state index in [-0.39, 0.29) is 11.6 Å². The van der Waals surface area contributed by atoms with E-state index in [1.807, 2.05) is 6.92 Å². The molecule has 2 aromatic rings. The highest BCUT2D eigenvalue weighted by atomic mass is 35.5. The van der Waals surface area contributed by atoms with Gasteiger partial charge in [-0.25, -0.2) is 8.42 Å². The van der Waals surface area contributed by atoms with Crippen LogP contribution in [0.25, 0.3) is 0 Å². The van der Waals surface area contributed by atoms with Crippen LogP contribution in [0.4, 0.5) is 8.78 Å². The second kappa shape index (κ2) is 7.93. The van der Waals surface area contributed by atoms with Crippen molar-refractivity contribution in [3.8, 4) is 0 Å². The molecular weight excluding hydrogens is 372 g/mol. The molecule has 1 amide bonds. The lowest BCUT2D eigenvalue weighted by Crippen LogP contribution is -2.28. The molecule has 0 aliphatic rings. The standard InChI is InChI=1S/C17H16ClF2NO3S/c1-2-15(11-3-7-13(18)8-4-11)21-16(22)12-5-9-14(10-6-12)25(23,24)17(19)20/h3-10,15,17H,2H2,1H3,(H,21,22)/t15-/m1/s1. The Kier molecular flexibility index (Phi) is 6.13. The largest absolute Gasteiger partial charge is 0.345 e. The lowest BCUT2D eigenvalue weighted by molar-refractivity contribution is 0.0935. The van der Waals surface area contributed by atoms with Gasteiger partial charge in [0.05, 0.1) is 10.9 Å². The van der Waals surface area contributed by atoms with Crippen molar-refractivity contribution in [1.29, 1.82) is 0 Å². The van der Waals surface area contributed by atoms with Crippen LogP contribution in [0.5, 0.6) is 0 Å². The molecule has 0 radical (unpaired) electrons. The molecule has 8 heteroatoms. The fraction of sp³-hybridized carbons (Fsp3) is 0.235. The zero-order valence-corrected chi connectivity index (χ0v) is 14.8. The van der Waals surface area contributed by atoms with Crippen LogP contribution in [-0.4, -0.2) is 20.1 Å². The third-order valence-electron chi connectivity index (χ3n) is 3.67. The molecular formula is C17H16ClF2NO3S. The van der Waals surface area contributed by atoms with Crippen LogP contribution in [0, 0.1) is 0 Å². The van der Waals surface area contributed by atoms with Gasteiger partial charge in [0.15, 0.2) is 0 Å². The lowest BCUT2D eigenvalue weighted by Gasteiger charge is -2.17. The summed E-state index contributed by atoms with van der Waals surface area (Å²) in [5, 5.41) is 3.40. The summed E-state index contributed by atoms with van der Waals surface area (Å²) in [6.45, 7) is 1.90. The molecule has 0 aliphatic heterocycles. The number of sulfone groups is 1. The fourth-order valence-corrected chi connectivity index (χ4v) is 3.10. The van der Waals surface area contributed by atoms with E-state index in [2.05, 4.69) is 5.32 Å². The van der Waals surface area contributed by atoms with Crippen LogP contribution in [0.3, 0.4) is 0 Å².